The normalized spacial score (nSPS) is 17.1. The number of morpholine rings is 1. The molecule has 1 aromatic heterocycles. The predicted octanol–water partition coefficient (Wildman–Crippen LogP) is 2.78. The first-order chi connectivity index (χ1) is 16.0. The second-order valence-corrected chi connectivity index (χ2v) is 8.80. The van der Waals surface area contributed by atoms with E-state index in [0.29, 0.717) is 30.9 Å². The number of ether oxygens (including phenoxy) is 3. The zero-order valence-electron chi connectivity index (χ0n) is 19.9. The average Bonchev–Trinajstić information content (AvgIpc) is 2.81. The molecule has 0 amide bonds. The topological polar surface area (TPSA) is 81.4 Å². The van der Waals surface area contributed by atoms with E-state index in [1.54, 1.807) is 6.92 Å². The van der Waals surface area contributed by atoms with Gasteiger partial charge in [0.15, 0.2) is 0 Å². The van der Waals surface area contributed by atoms with Crippen LogP contribution in [0.15, 0.2) is 15.3 Å². The van der Waals surface area contributed by atoms with Gasteiger partial charge in [0, 0.05) is 54.7 Å². The lowest BCUT2D eigenvalue weighted by Gasteiger charge is -2.32. The standard InChI is InChI=1S/C25H34N2O6/c1-4-31-22(28)7-6-20-17(2)21-14-19-15-27(9-5-8-26-10-12-30-13-11-26)16-32-23(19)18(3)24(21)33-25(20)29/h14H,4-13,15-16H2,1-3H3. The van der Waals surface area contributed by atoms with Crippen molar-refractivity contribution >= 4 is 16.9 Å². The molecule has 0 N–H and O–H groups in total. The molecule has 0 bridgehead atoms. The molecule has 1 aromatic carbocycles. The Kier molecular flexibility index (Phi) is 7.67. The summed E-state index contributed by atoms with van der Waals surface area (Å²) >= 11 is 0. The summed E-state index contributed by atoms with van der Waals surface area (Å²) < 4.78 is 22.2. The summed E-state index contributed by atoms with van der Waals surface area (Å²) in [7, 11) is 0. The number of aryl methyl sites for hydroxylation is 2. The predicted molar refractivity (Wildman–Crippen MR) is 125 cm³/mol. The third-order valence-corrected chi connectivity index (χ3v) is 6.56. The van der Waals surface area contributed by atoms with Crippen molar-refractivity contribution in [2.45, 2.75) is 46.6 Å². The molecule has 2 aromatic rings. The summed E-state index contributed by atoms with van der Waals surface area (Å²) in [5.74, 6) is 0.507. The molecule has 8 heteroatoms. The highest BCUT2D eigenvalue weighted by atomic mass is 16.5. The Bertz CT molecular complexity index is 1060. The molecule has 0 saturated carbocycles. The second-order valence-electron chi connectivity index (χ2n) is 8.80. The summed E-state index contributed by atoms with van der Waals surface area (Å²) in [4.78, 5) is 29.2. The minimum Gasteiger partial charge on any atom is -0.477 e. The molecular formula is C25H34N2O6. The zero-order valence-corrected chi connectivity index (χ0v) is 19.9. The van der Waals surface area contributed by atoms with Gasteiger partial charge in [-0.25, -0.2) is 4.79 Å². The lowest BCUT2D eigenvalue weighted by Crippen LogP contribution is -2.39. The maximum Gasteiger partial charge on any atom is 0.339 e. The van der Waals surface area contributed by atoms with Gasteiger partial charge in [0.1, 0.15) is 18.1 Å². The Morgan fingerprint density at radius 1 is 1.12 bits per heavy atom. The first-order valence-corrected chi connectivity index (χ1v) is 11.9. The van der Waals surface area contributed by atoms with Gasteiger partial charge in [-0.2, -0.15) is 0 Å². The van der Waals surface area contributed by atoms with Crippen LogP contribution in [0.2, 0.25) is 0 Å². The number of benzene rings is 1. The summed E-state index contributed by atoms with van der Waals surface area (Å²) in [5.41, 5.74) is 3.53. The van der Waals surface area contributed by atoms with E-state index in [1.165, 1.54) is 0 Å². The highest BCUT2D eigenvalue weighted by molar-refractivity contribution is 5.87. The Balaban J connectivity index is 1.50. The Labute approximate surface area is 194 Å². The number of hydrogen-bond donors (Lipinski definition) is 0. The number of hydrogen-bond acceptors (Lipinski definition) is 8. The van der Waals surface area contributed by atoms with Crippen molar-refractivity contribution in [3.8, 4) is 5.75 Å². The van der Waals surface area contributed by atoms with E-state index in [-0.39, 0.29) is 12.4 Å². The van der Waals surface area contributed by atoms with Crippen molar-refractivity contribution in [2.24, 2.45) is 0 Å². The Hall–Kier alpha value is -2.42. The molecule has 4 rings (SSSR count). The smallest absolute Gasteiger partial charge is 0.339 e. The van der Waals surface area contributed by atoms with Crippen LogP contribution in [0.4, 0.5) is 0 Å². The molecule has 0 atom stereocenters. The van der Waals surface area contributed by atoms with Crippen molar-refractivity contribution < 1.29 is 23.4 Å². The van der Waals surface area contributed by atoms with Gasteiger partial charge in [0.25, 0.3) is 0 Å². The van der Waals surface area contributed by atoms with Crippen LogP contribution >= 0.6 is 0 Å². The Morgan fingerprint density at radius 3 is 2.64 bits per heavy atom. The van der Waals surface area contributed by atoms with Gasteiger partial charge >= 0.3 is 11.6 Å². The fourth-order valence-corrected chi connectivity index (χ4v) is 4.73. The maximum atomic E-state index is 12.7. The third kappa shape index (κ3) is 5.39. The molecule has 0 spiro atoms. The summed E-state index contributed by atoms with van der Waals surface area (Å²) in [6, 6.07) is 2.08. The van der Waals surface area contributed by atoms with E-state index in [1.807, 2.05) is 13.8 Å². The van der Waals surface area contributed by atoms with Crippen molar-refractivity contribution in [3.05, 3.63) is 38.7 Å². The van der Waals surface area contributed by atoms with Crippen LogP contribution in [0.5, 0.6) is 5.75 Å². The fourth-order valence-electron chi connectivity index (χ4n) is 4.73. The van der Waals surface area contributed by atoms with E-state index < -0.39 is 5.63 Å². The number of esters is 1. The number of carbonyl (C=O) groups is 1. The van der Waals surface area contributed by atoms with Crippen LogP contribution in [0, 0.1) is 13.8 Å². The lowest BCUT2D eigenvalue weighted by atomic mass is 9.97. The monoisotopic (exact) mass is 458 g/mol. The molecule has 180 valence electrons. The molecule has 3 heterocycles. The lowest BCUT2D eigenvalue weighted by molar-refractivity contribution is -0.143. The van der Waals surface area contributed by atoms with Crippen LogP contribution in [0.3, 0.4) is 0 Å². The molecule has 0 radical (unpaired) electrons. The van der Waals surface area contributed by atoms with E-state index in [9.17, 15) is 9.59 Å². The van der Waals surface area contributed by atoms with Crippen molar-refractivity contribution in [2.75, 3.05) is 52.7 Å². The van der Waals surface area contributed by atoms with E-state index in [2.05, 4.69) is 15.9 Å². The number of carbonyl (C=O) groups excluding carboxylic acids is 1. The van der Waals surface area contributed by atoms with E-state index >= 15 is 0 Å². The molecule has 33 heavy (non-hydrogen) atoms. The summed E-state index contributed by atoms with van der Waals surface area (Å²) in [5, 5.41) is 0.906. The first-order valence-electron chi connectivity index (χ1n) is 11.9. The highest BCUT2D eigenvalue weighted by Gasteiger charge is 2.24. The highest BCUT2D eigenvalue weighted by Crippen LogP contribution is 2.36. The van der Waals surface area contributed by atoms with Gasteiger partial charge in [0.05, 0.1) is 19.8 Å². The van der Waals surface area contributed by atoms with Crippen molar-refractivity contribution in [1.82, 2.24) is 9.80 Å². The van der Waals surface area contributed by atoms with Crippen LogP contribution in [0.25, 0.3) is 11.0 Å². The van der Waals surface area contributed by atoms with E-state index in [0.717, 1.165) is 80.2 Å². The van der Waals surface area contributed by atoms with Crippen LogP contribution in [0.1, 0.15) is 42.0 Å². The minimum absolute atomic E-state index is 0.162. The fraction of sp³-hybridized carbons (Fsp3) is 0.600. The number of fused-ring (bicyclic) bond motifs is 2. The SMILES string of the molecule is CCOC(=O)CCc1c(C)c2cc3c(c(C)c2oc1=O)OCN(CCCN1CCOCC1)C3. The third-order valence-electron chi connectivity index (χ3n) is 6.56. The number of nitrogens with zero attached hydrogens (tertiary/aromatic N) is 2. The van der Waals surface area contributed by atoms with Gasteiger partial charge in [-0.3, -0.25) is 14.6 Å². The van der Waals surface area contributed by atoms with Crippen molar-refractivity contribution in [1.29, 1.82) is 0 Å². The quantitative estimate of drug-likeness (QED) is 0.441. The Morgan fingerprint density at radius 2 is 1.88 bits per heavy atom. The number of rotatable bonds is 8. The van der Waals surface area contributed by atoms with Gasteiger partial charge in [-0.1, -0.05) is 0 Å². The zero-order chi connectivity index (χ0) is 23.4. The molecule has 2 aliphatic heterocycles. The van der Waals surface area contributed by atoms with Gasteiger partial charge in [-0.05, 0) is 51.8 Å². The largest absolute Gasteiger partial charge is 0.477 e. The molecule has 2 aliphatic rings. The molecule has 8 nitrogen and oxygen atoms in total. The molecule has 1 saturated heterocycles. The molecular weight excluding hydrogens is 424 g/mol. The molecule has 0 aliphatic carbocycles. The van der Waals surface area contributed by atoms with Crippen LogP contribution in [-0.2, 0) is 27.2 Å². The summed E-state index contributed by atoms with van der Waals surface area (Å²) in [6.07, 6.45) is 1.55. The molecule has 1 fully saturated rings. The maximum absolute atomic E-state index is 12.7. The summed E-state index contributed by atoms with van der Waals surface area (Å²) in [6.45, 7) is 13.0. The molecule has 0 unspecified atom stereocenters. The second kappa shape index (κ2) is 10.7. The van der Waals surface area contributed by atoms with Gasteiger partial charge in [-0.15, -0.1) is 0 Å². The average molecular weight is 459 g/mol. The van der Waals surface area contributed by atoms with Gasteiger partial charge < -0.3 is 18.6 Å². The first kappa shape index (κ1) is 23.7. The van der Waals surface area contributed by atoms with Gasteiger partial charge in [0.2, 0.25) is 0 Å². The van der Waals surface area contributed by atoms with Crippen LogP contribution in [-0.4, -0.2) is 68.5 Å². The van der Waals surface area contributed by atoms with E-state index in [4.69, 9.17) is 18.6 Å². The van der Waals surface area contributed by atoms with Crippen LogP contribution < -0.4 is 10.4 Å². The minimum atomic E-state index is -0.395. The van der Waals surface area contributed by atoms with Crippen molar-refractivity contribution in [3.63, 3.8) is 0 Å².